The van der Waals surface area contributed by atoms with Crippen molar-refractivity contribution in [3.8, 4) is 0 Å². The van der Waals surface area contributed by atoms with Crippen LogP contribution in [0.25, 0.3) is 0 Å². The minimum Gasteiger partial charge on any atom is -0.361 e. The van der Waals surface area contributed by atoms with Gasteiger partial charge in [0.2, 0.25) is 0 Å². The summed E-state index contributed by atoms with van der Waals surface area (Å²) in [5.74, 6) is 1.27. The van der Waals surface area contributed by atoms with Gasteiger partial charge in [-0.15, -0.1) is 35.3 Å². The van der Waals surface area contributed by atoms with Crippen molar-refractivity contribution in [1.82, 2.24) is 20.8 Å². The number of nitrogens with zero attached hydrogens (tertiary/aromatic N) is 3. The van der Waals surface area contributed by atoms with E-state index in [1.807, 2.05) is 13.8 Å². The van der Waals surface area contributed by atoms with Crippen molar-refractivity contribution in [2.24, 2.45) is 4.99 Å². The molecule has 0 saturated heterocycles. The van der Waals surface area contributed by atoms with Crippen molar-refractivity contribution in [3.05, 3.63) is 33.1 Å². The number of alkyl halides is 3. The number of rotatable bonds is 5. The normalized spacial score (nSPS) is 12.0. The Kier molecular flexibility index (Phi) is 8.12. The zero-order chi connectivity index (χ0) is 17.7. The minimum absolute atomic E-state index is 0. The number of hydrogen-bond acceptors (Lipinski definition) is 5. The summed E-state index contributed by atoms with van der Waals surface area (Å²) >= 11 is 0.958. The van der Waals surface area contributed by atoms with Crippen LogP contribution in [-0.4, -0.2) is 29.7 Å². The molecule has 2 aromatic heterocycles. The summed E-state index contributed by atoms with van der Waals surface area (Å²) in [7, 11) is 1.59. The van der Waals surface area contributed by atoms with Crippen molar-refractivity contribution in [1.29, 1.82) is 0 Å². The summed E-state index contributed by atoms with van der Waals surface area (Å²) in [6, 6.07) is 0. The van der Waals surface area contributed by atoms with Crippen LogP contribution >= 0.6 is 35.3 Å². The molecule has 0 fully saturated rings. The highest BCUT2D eigenvalue weighted by atomic mass is 127. The highest BCUT2D eigenvalue weighted by Gasteiger charge is 2.33. The first-order chi connectivity index (χ1) is 11.3. The quantitative estimate of drug-likeness (QED) is 0.383. The first kappa shape index (κ1) is 21.7. The molecule has 0 aliphatic carbocycles. The molecule has 6 nitrogen and oxygen atoms in total. The summed E-state index contributed by atoms with van der Waals surface area (Å²) in [6.07, 6.45) is -3.71. The Morgan fingerprint density at radius 2 is 2.04 bits per heavy atom. The smallest absolute Gasteiger partial charge is 0.361 e. The lowest BCUT2D eigenvalue weighted by molar-refractivity contribution is -0.140. The Bertz CT molecular complexity index is 694. The number of aryl methyl sites for hydroxylation is 2. The van der Waals surface area contributed by atoms with Gasteiger partial charge >= 0.3 is 6.18 Å². The molecule has 25 heavy (non-hydrogen) atoms. The molecular weight excluding hydrogens is 470 g/mol. The number of aliphatic imine (C=N–C) groups is 1. The molecule has 0 aliphatic rings. The maximum atomic E-state index is 12.5. The standard InChI is InChI=1S/C14H18F3N5OS.HI/c1-8-10(9(2)23-22-8)4-5-19-13(18-3)20-6-12-21-11(7-24-12)14(15,16)17;/h7H,4-6H2,1-3H3,(H2,18,19,20);1H. The van der Waals surface area contributed by atoms with E-state index in [1.165, 1.54) is 0 Å². The highest BCUT2D eigenvalue weighted by molar-refractivity contribution is 14.0. The summed E-state index contributed by atoms with van der Waals surface area (Å²) in [5, 5.41) is 11.3. The SMILES string of the molecule is CN=C(NCCc1c(C)noc1C)NCc1nc(C(F)(F)F)cs1.I. The van der Waals surface area contributed by atoms with Gasteiger partial charge in [-0.3, -0.25) is 4.99 Å². The van der Waals surface area contributed by atoms with Gasteiger partial charge in [0.15, 0.2) is 11.7 Å². The molecule has 0 radical (unpaired) electrons. The first-order valence-corrected chi connectivity index (χ1v) is 8.07. The average molecular weight is 489 g/mol. The van der Waals surface area contributed by atoms with Gasteiger partial charge in [0.05, 0.1) is 12.2 Å². The number of hydrogen-bond donors (Lipinski definition) is 2. The number of guanidine groups is 1. The molecule has 0 aromatic carbocycles. The van der Waals surface area contributed by atoms with Gasteiger partial charge in [-0.1, -0.05) is 5.16 Å². The Balaban J connectivity index is 0.00000312. The largest absolute Gasteiger partial charge is 0.434 e. The summed E-state index contributed by atoms with van der Waals surface area (Å²) in [6.45, 7) is 4.49. The minimum atomic E-state index is -4.41. The zero-order valence-electron chi connectivity index (χ0n) is 13.9. The van der Waals surface area contributed by atoms with Crippen molar-refractivity contribution >= 4 is 41.3 Å². The van der Waals surface area contributed by atoms with Crippen LogP contribution in [0.15, 0.2) is 14.9 Å². The van der Waals surface area contributed by atoms with Gasteiger partial charge in [0.25, 0.3) is 0 Å². The number of aromatic nitrogens is 2. The lowest BCUT2D eigenvalue weighted by atomic mass is 10.1. The molecule has 2 rings (SSSR count). The molecule has 140 valence electrons. The summed E-state index contributed by atoms with van der Waals surface area (Å²) < 4.78 is 42.6. The molecule has 2 heterocycles. The van der Waals surface area contributed by atoms with E-state index in [-0.39, 0.29) is 30.5 Å². The third kappa shape index (κ3) is 6.13. The lowest BCUT2D eigenvalue weighted by Crippen LogP contribution is -2.37. The van der Waals surface area contributed by atoms with Crippen molar-refractivity contribution in [3.63, 3.8) is 0 Å². The van der Waals surface area contributed by atoms with Crippen LogP contribution in [0.2, 0.25) is 0 Å². The third-order valence-corrected chi connectivity index (χ3v) is 4.17. The molecule has 0 aliphatic heterocycles. The van der Waals surface area contributed by atoms with Crippen LogP contribution in [0.3, 0.4) is 0 Å². The third-order valence-electron chi connectivity index (χ3n) is 3.32. The highest BCUT2D eigenvalue weighted by Crippen LogP contribution is 2.29. The molecule has 0 spiro atoms. The fourth-order valence-corrected chi connectivity index (χ4v) is 2.81. The van der Waals surface area contributed by atoms with Gasteiger partial charge in [0.1, 0.15) is 10.8 Å². The van der Waals surface area contributed by atoms with Crippen molar-refractivity contribution in [2.45, 2.75) is 33.0 Å². The van der Waals surface area contributed by atoms with E-state index in [4.69, 9.17) is 4.52 Å². The van der Waals surface area contributed by atoms with Gasteiger partial charge in [0, 0.05) is 24.5 Å². The van der Waals surface area contributed by atoms with E-state index in [0.717, 1.165) is 33.7 Å². The Labute approximate surface area is 164 Å². The van der Waals surface area contributed by atoms with Crippen LogP contribution in [0.1, 0.15) is 27.7 Å². The molecular formula is C14H19F3IN5OS. The van der Waals surface area contributed by atoms with Crippen molar-refractivity contribution < 1.29 is 17.7 Å². The van der Waals surface area contributed by atoms with Crippen molar-refractivity contribution in [2.75, 3.05) is 13.6 Å². The Morgan fingerprint density at radius 3 is 2.56 bits per heavy atom. The first-order valence-electron chi connectivity index (χ1n) is 7.19. The van der Waals surface area contributed by atoms with Gasteiger partial charge < -0.3 is 15.2 Å². The fourth-order valence-electron chi connectivity index (χ4n) is 2.07. The van der Waals surface area contributed by atoms with Crippen LogP contribution in [0, 0.1) is 13.8 Å². The monoisotopic (exact) mass is 489 g/mol. The molecule has 0 amide bonds. The summed E-state index contributed by atoms with van der Waals surface area (Å²) in [4.78, 5) is 7.59. The predicted molar refractivity (Wildman–Crippen MR) is 100 cm³/mol. The van der Waals surface area contributed by atoms with E-state index >= 15 is 0 Å². The number of thiazole rings is 1. The van der Waals surface area contributed by atoms with E-state index in [2.05, 4.69) is 25.8 Å². The van der Waals surface area contributed by atoms with E-state index in [0.29, 0.717) is 23.9 Å². The van der Waals surface area contributed by atoms with Gasteiger partial charge in [-0.25, -0.2) is 4.98 Å². The second kappa shape index (κ2) is 9.36. The van der Waals surface area contributed by atoms with Crippen LogP contribution < -0.4 is 10.6 Å². The second-order valence-corrected chi connectivity index (χ2v) is 5.97. The van der Waals surface area contributed by atoms with E-state index in [1.54, 1.807) is 7.05 Å². The van der Waals surface area contributed by atoms with Crippen LogP contribution in [-0.2, 0) is 19.1 Å². The molecule has 2 N–H and O–H groups in total. The fraction of sp³-hybridized carbons (Fsp3) is 0.500. The summed E-state index contributed by atoms with van der Waals surface area (Å²) in [5.41, 5.74) is 1.01. The van der Waals surface area contributed by atoms with Crippen LogP contribution in [0.4, 0.5) is 13.2 Å². The topological polar surface area (TPSA) is 75.3 Å². The Morgan fingerprint density at radius 1 is 1.32 bits per heavy atom. The Hall–Kier alpha value is -1.37. The maximum Gasteiger partial charge on any atom is 0.434 e. The molecule has 2 aromatic rings. The van der Waals surface area contributed by atoms with Gasteiger partial charge in [-0.2, -0.15) is 13.2 Å². The average Bonchev–Trinajstić information content (AvgIpc) is 3.11. The van der Waals surface area contributed by atoms with E-state index in [9.17, 15) is 13.2 Å². The van der Waals surface area contributed by atoms with E-state index < -0.39 is 11.9 Å². The van der Waals surface area contributed by atoms with Crippen LogP contribution in [0.5, 0.6) is 0 Å². The number of halogens is 4. The molecule has 11 heteroatoms. The maximum absolute atomic E-state index is 12.5. The number of nitrogens with one attached hydrogen (secondary N) is 2. The molecule has 0 unspecified atom stereocenters. The molecule has 0 atom stereocenters. The van der Waals surface area contributed by atoms with Gasteiger partial charge in [-0.05, 0) is 20.3 Å². The lowest BCUT2D eigenvalue weighted by Gasteiger charge is -2.10. The molecule has 0 bridgehead atoms. The zero-order valence-corrected chi connectivity index (χ0v) is 17.0. The second-order valence-electron chi connectivity index (χ2n) is 5.03. The molecule has 0 saturated carbocycles. The predicted octanol–water partition coefficient (Wildman–Crippen LogP) is 3.29.